The first-order valence-electron chi connectivity index (χ1n) is 9.66. The van der Waals surface area contributed by atoms with Gasteiger partial charge in [-0.2, -0.15) is 0 Å². The van der Waals surface area contributed by atoms with Crippen LogP contribution in [-0.2, 0) is 6.42 Å². The zero-order valence-corrected chi connectivity index (χ0v) is 15.9. The number of aromatic amines is 1. The predicted octanol–water partition coefficient (Wildman–Crippen LogP) is 2.51. The zero-order chi connectivity index (χ0) is 18.4. The third-order valence-corrected chi connectivity index (χ3v) is 6.20. The Kier molecular flexibility index (Phi) is 4.31. The van der Waals surface area contributed by atoms with E-state index in [-0.39, 0.29) is 12.1 Å². The molecular formula is C20H29N5O. The van der Waals surface area contributed by atoms with Crippen LogP contribution in [0.4, 0.5) is 10.5 Å². The number of fused-ring (bicyclic) bond motifs is 2. The highest BCUT2D eigenvalue weighted by atomic mass is 16.2. The number of carbonyl (C=O) groups is 1. The van der Waals surface area contributed by atoms with Crippen LogP contribution in [0.15, 0.2) is 18.3 Å². The molecule has 1 aromatic carbocycles. The molecule has 6 heteroatoms. The van der Waals surface area contributed by atoms with Gasteiger partial charge in [-0.05, 0) is 57.0 Å². The second-order valence-corrected chi connectivity index (χ2v) is 7.72. The minimum Gasteiger partial charge on any atom is -0.399 e. The van der Waals surface area contributed by atoms with Gasteiger partial charge < -0.3 is 25.8 Å². The SMILES string of the molecule is CCN(CC)C(=O)N[C@H]1C[C@@H]2c3cc(N)cc4[nH]cc(c34)C[C@H]2N(C)C1. The minimum absolute atomic E-state index is 0.0442. The molecule has 1 aromatic heterocycles. The predicted molar refractivity (Wildman–Crippen MR) is 105 cm³/mol. The highest BCUT2D eigenvalue weighted by molar-refractivity contribution is 5.91. The molecule has 2 heterocycles. The summed E-state index contributed by atoms with van der Waals surface area (Å²) in [5, 5.41) is 4.59. The highest BCUT2D eigenvalue weighted by Gasteiger charge is 2.40. The lowest BCUT2D eigenvalue weighted by molar-refractivity contribution is 0.124. The third-order valence-electron chi connectivity index (χ3n) is 6.20. The number of nitrogen functional groups attached to an aromatic ring is 1. The van der Waals surface area contributed by atoms with Gasteiger partial charge in [0.05, 0.1) is 0 Å². The molecule has 26 heavy (non-hydrogen) atoms. The van der Waals surface area contributed by atoms with E-state index in [1.165, 1.54) is 16.5 Å². The van der Waals surface area contributed by atoms with E-state index >= 15 is 0 Å². The highest BCUT2D eigenvalue weighted by Crippen LogP contribution is 2.43. The fourth-order valence-corrected chi connectivity index (χ4v) is 4.92. The summed E-state index contributed by atoms with van der Waals surface area (Å²) in [4.78, 5) is 20.1. The van der Waals surface area contributed by atoms with E-state index in [2.05, 4.69) is 34.5 Å². The van der Waals surface area contributed by atoms with E-state index < -0.39 is 0 Å². The van der Waals surface area contributed by atoms with Crippen molar-refractivity contribution in [2.75, 3.05) is 32.4 Å². The fourth-order valence-electron chi connectivity index (χ4n) is 4.92. The first kappa shape index (κ1) is 17.2. The quantitative estimate of drug-likeness (QED) is 0.741. The summed E-state index contributed by atoms with van der Waals surface area (Å²) in [7, 11) is 2.18. The monoisotopic (exact) mass is 355 g/mol. The van der Waals surface area contributed by atoms with Crippen LogP contribution in [0.5, 0.6) is 0 Å². The van der Waals surface area contributed by atoms with Gasteiger partial charge in [0, 0.05) is 60.4 Å². The van der Waals surface area contributed by atoms with Crippen molar-refractivity contribution in [3.05, 3.63) is 29.5 Å². The average molecular weight is 355 g/mol. The van der Waals surface area contributed by atoms with Crippen LogP contribution in [0.1, 0.15) is 37.3 Å². The van der Waals surface area contributed by atoms with E-state index in [9.17, 15) is 4.79 Å². The fraction of sp³-hybridized carbons (Fsp3) is 0.550. The number of urea groups is 1. The number of nitrogens with two attached hydrogens (primary N) is 1. The molecule has 2 aliphatic rings. The summed E-state index contributed by atoms with van der Waals surface area (Å²) in [6.45, 7) is 6.40. The second-order valence-electron chi connectivity index (χ2n) is 7.72. The number of piperidine rings is 1. The van der Waals surface area contributed by atoms with Crippen molar-refractivity contribution in [2.45, 2.75) is 44.7 Å². The summed E-state index contributed by atoms with van der Waals surface area (Å²) in [5.41, 5.74) is 10.8. The Morgan fingerprint density at radius 2 is 2.15 bits per heavy atom. The van der Waals surface area contributed by atoms with E-state index in [1.54, 1.807) is 0 Å². The van der Waals surface area contributed by atoms with Gasteiger partial charge in [0.2, 0.25) is 0 Å². The van der Waals surface area contributed by atoms with Gasteiger partial charge in [0.1, 0.15) is 0 Å². The van der Waals surface area contributed by atoms with E-state index in [1.807, 2.05) is 24.8 Å². The van der Waals surface area contributed by atoms with E-state index in [0.29, 0.717) is 12.0 Å². The Balaban J connectivity index is 1.63. The molecular weight excluding hydrogens is 326 g/mol. The Labute approximate surface area is 154 Å². The molecule has 0 unspecified atom stereocenters. The van der Waals surface area contributed by atoms with Crippen molar-refractivity contribution in [3.63, 3.8) is 0 Å². The maximum atomic E-state index is 12.5. The Morgan fingerprint density at radius 1 is 1.38 bits per heavy atom. The standard InChI is InChI=1S/C20H29N5O/c1-4-25(5-2)20(26)23-14-9-15-16-7-13(21)8-17-19(16)12(10-22-17)6-18(15)24(3)11-14/h7-8,10,14-15,18,22H,4-6,9,11,21H2,1-3H3,(H,23,26)/t14-,15+,18+/m0/s1. The number of benzene rings is 1. The number of likely N-dealkylation sites (N-methyl/N-ethyl adjacent to an activating group) is 1. The zero-order valence-electron chi connectivity index (χ0n) is 15.9. The molecule has 0 radical (unpaired) electrons. The Bertz CT molecular complexity index is 825. The molecule has 2 aromatic rings. The number of anilines is 1. The number of aromatic nitrogens is 1. The van der Waals surface area contributed by atoms with Crippen LogP contribution in [0.2, 0.25) is 0 Å². The van der Waals surface area contributed by atoms with Crippen molar-refractivity contribution < 1.29 is 4.79 Å². The second kappa shape index (κ2) is 6.50. The number of amides is 2. The number of hydrogen-bond donors (Lipinski definition) is 3. The Hall–Kier alpha value is -2.21. The summed E-state index contributed by atoms with van der Waals surface area (Å²) >= 11 is 0. The van der Waals surface area contributed by atoms with Crippen LogP contribution in [0.3, 0.4) is 0 Å². The molecule has 1 saturated heterocycles. The van der Waals surface area contributed by atoms with Crippen LogP contribution >= 0.6 is 0 Å². The number of carbonyl (C=O) groups excluding carboxylic acids is 1. The number of likely N-dealkylation sites (tertiary alicyclic amines) is 1. The number of H-pyrrole nitrogens is 1. The number of nitrogens with one attached hydrogen (secondary N) is 2. The molecule has 1 aliphatic carbocycles. The molecule has 4 N–H and O–H groups in total. The van der Waals surface area contributed by atoms with Crippen molar-refractivity contribution in [2.24, 2.45) is 0 Å². The lowest BCUT2D eigenvalue weighted by Crippen LogP contribution is -2.56. The third kappa shape index (κ3) is 2.72. The Morgan fingerprint density at radius 3 is 2.88 bits per heavy atom. The smallest absolute Gasteiger partial charge is 0.317 e. The van der Waals surface area contributed by atoms with Crippen LogP contribution < -0.4 is 11.1 Å². The first-order valence-corrected chi connectivity index (χ1v) is 9.66. The van der Waals surface area contributed by atoms with Gasteiger partial charge in [-0.15, -0.1) is 0 Å². The molecule has 3 atom stereocenters. The lowest BCUT2D eigenvalue weighted by Gasteiger charge is -2.46. The molecule has 1 aliphatic heterocycles. The summed E-state index contributed by atoms with van der Waals surface area (Å²) in [6.07, 6.45) is 4.14. The van der Waals surface area contributed by atoms with Gasteiger partial charge in [-0.1, -0.05) is 0 Å². The molecule has 2 amide bonds. The molecule has 0 saturated carbocycles. The topological polar surface area (TPSA) is 77.4 Å². The largest absolute Gasteiger partial charge is 0.399 e. The first-order chi connectivity index (χ1) is 12.5. The molecule has 0 spiro atoms. The molecule has 1 fully saturated rings. The van der Waals surface area contributed by atoms with Crippen LogP contribution in [0.25, 0.3) is 10.9 Å². The molecule has 4 rings (SSSR count). The minimum atomic E-state index is 0.0442. The number of hydrogen-bond acceptors (Lipinski definition) is 3. The summed E-state index contributed by atoms with van der Waals surface area (Å²) < 4.78 is 0. The maximum absolute atomic E-state index is 12.5. The maximum Gasteiger partial charge on any atom is 0.317 e. The van der Waals surface area contributed by atoms with Gasteiger partial charge in [-0.3, -0.25) is 0 Å². The van der Waals surface area contributed by atoms with E-state index in [4.69, 9.17) is 5.73 Å². The average Bonchev–Trinajstić information content (AvgIpc) is 3.00. The number of nitrogens with zero attached hydrogens (tertiary/aromatic N) is 2. The van der Waals surface area contributed by atoms with Gasteiger partial charge in [0.25, 0.3) is 0 Å². The van der Waals surface area contributed by atoms with Gasteiger partial charge in [0.15, 0.2) is 0 Å². The summed E-state index contributed by atoms with van der Waals surface area (Å²) in [6, 6.07) is 4.83. The van der Waals surface area contributed by atoms with Crippen molar-refractivity contribution in [1.82, 2.24) is 20.1 Å². The molecule has 0 bridgehead atoms. The molecule has 140 valence electrons. The molecule has 6 nitrogen and oxygen atoms in total. The van der Waals surface area contributed by atoms with E-state index in [0.717, 1.165) is 43.7 Å². The van der Waals surface area contributed by atoms with Crippen LogP contribution in [0, 0.1) is 0 Å². The lowest BCUT2D eigenvalue weighted by atomic mass is 9.74. The summed E-state index contributed by atoms with van der Waals surface area (Å²) in [5.74, 6) is 0.394. The van der Waals surface area contributed by atoms with Crippen molar-refractivity contribution in [1.29, 1.82) is 0 Å². The van der Waals surface area contributed by atoms with Crippen molar-refractivity contribution >= 4 is 22.6 Å². The van der Waals surface area contributed by atoms with Crippen molar-refractivity contribution in [3.8, 4) is 0 Å². The van der Waals surface area contributed by atoms with Gasteiger partial charge in [-0.25, -0.2) is 4.79 Å². The number of rotatable bonds is 3. The van der Waals surface area contributed by atoms with Gasteiger partial charge >= 0.3 is 6.03 Å². The van der Waals surface area contributed by atoms with Crippen LogP contribution in [-0.4, -0.2) is 59.6 Å². The normalized spacial score (nSPS) is 25.1.